The van der Waals surface area contributed by atoms with Crippen molar-refractivity contribution in [3.8, 4) is 0 Å². The summed E-state index contributed by atoms with van der Waals surface area (Å²) >= 11 is 0. The molecule has 1 fully saturated rings. The molecule has 3 N–H and O–H groups in total. The zero-order valence-electron chi connectivity index (χ0n) is 21.3. The summed E-state index contributed by atoms with van der Waals surface area (Å²) in [7, 11) is -3.89. The SMILES string of the molecule is CC[C@H](C)[C@H](NC(=O)C1CCN(C(=O)[C@@H](NS(=O)(=O)c2ccc(C)cc2)[C@@H](C)CC)CC1)C(=O)O. The Bertz CT molecular complexity index is 987. The Balaban J connectivity index is 2.06. The summed E-state index contributed by atoms with van der Waals surface area (Å²) in [6.07, 6.45) is 2.02. The summed E-state index contributed by atoms with van der Waals surface area (Å²) in [6, 6.07) is 4.59. The van der Waals surface area contributed by atoms with Gasteiger partial charge in [0, 0.05) is 19.0 Å². The van der Waals surface area contributed by atoms with Crippen molar-refractivity contribution in [2.75, 3.05) is 13.1 Å². The number of hydrogen-bond acceptors (Lipinski definition) is 5. The fourth-order valence-corrected chi connectivity index (χ4v) is 5.41. The van der Waals surface area contributed by atoms with Gasteiger partial charge in [-0.2, -0.15) is 4.72 Å². The minimum atomic E-state index is -3.89. The van der Waals surface area contributed by atoms with Crippen molar-refractivity contribution in [3.05, 3.63) is 29.8 Å². The lowest BCUT2D eigenvalue weighted by Crippen LogP contribution is -2.54. The van der Waals surface area contributed by atoms with E-state index >= 15 is 0 Å². The third-order valence-corrected chi connectivity index (χ3v) is 8.50. The van der Waals surface area contributed by atoms with Gasteiger partial charge in [0.2, 0.25) is 21.8 Å². The van der Waals surface area contributed by atoms with E-state index in [1.54, 1.807) is 24.0 Å². The van der Waals surface area contributed by atoms with Gasteiger partial charge in [-0.25, -0.2) is 13.2 Å². The largest absolute Gasteiger partial charge is 0.480 e. The molecular formula is C25H39N3O6S. The number of amides is 2. The van der Waals surface area contributed by atoms with Gasteiger partial charge in [-0.05, 0) is 43.7 Å². The average Bonchev–Trinajstić information content (AvgIpc) is 2.84. The van der Waals surface area contributed by atoms with E-state index in [4.69, 9.17) is 0 Å². The molecule has 0 aromatic heterocycles. The van der Waals surface area contributed by atoms with Gasteiger partial charge in [-0.3, -0.25) is 9.59 Å². The van der Waals surface area contributed by atoms with Crippen molar-refractivity contribution in [2.45, 2.75) is 77.3 Å². The zero-order chi connectivity index (χ0) is 26.3. The second-order valence-electron chi connectivity index (χ2n) is 9.61. The molecule has 0 bridgehead atoms. The third kappa shape index (κ3) is 7.51. The smallest absolute Gasteiger partial charge is 0.326 e. The van der Waals surface area contributed by atoms with Crippen LogP contribution in [0.1, 0.15) is 58.9 Å². The third-order valence-electron chi connectivity index (χ3n) is 7.05. The maximum Gasteiger partial charge on any atom is 0.326 e. The van der Waals surface area contributed by atoms with Crippen LogP contribution in [0.15, 0.2) is 29.2 Å². The maximum atomic E-state index is 13.4. The number of likely N-dealkylation sites (tertiary alicyclic amines) is 1. The van der Waals surface area contributed by atoms with Crippen LogP contribution in [0.5, 0.6) is 0 Å². The summed E-state index contributed by atoms with van der Waals surface area (Å²) < 4.78 is 28.5. The van der Waals surface area contributed by atoms with Crippen molar-refractivity contribution < 1.29 is 27.9 Å². The number of benzene rings is 1. The Morgan fingerprint density at radius 3 is 2.00 bits per heavy atom. The average molecular weight is 510 g/mol. The molecule has 196 valence electrons. The first-order valence-electron chi connectivity index (χ1n) is 12.3. The normalized spacial score (nSPS) is 18.4. The van der Waals surface area contributed by atoms with E-state index in [1.807, 2.05) is 27.7 Å². The second-order valence-corrected chi connectivity index (χ2v) is 11.3. The van der Waals surface area contributed by atoms with E-state index in [-0.39, 0.29) is 28.5 Å². The van der Waals surface area contributed by atoms with Crippen LogP contribution >= 0.6 is 0 Å². The van der Waals surface area contributed by atoms with E-state index in [0.717, 1.165) is 5.56 Å². The molecule has 0 unspecified atom stereocenters. The highest BCUT2D eigenvalue weighted by Gasteiger charge is 2.36. The lowest BCUT2D eigenvalue weighted by atomic mass is 9.92. The molecule has 0 saturated carbocycles. The second kappa shape index (κ2) is 12.5. The number of nitrogens with one attached hydrogen (secondary N) is 2. The number of piperidine rings is 1. The minimum Gasteiger partial charge on any atom is -0.480 e. The fourth-order valence-electron chi connectivity index (χ4n) is 4.11. The monoisotopic (exact) mass is 509 g/mol. The zero-order valence-corrected chi connectivity index (χ0v) is 22.1. The Kier molecular flexibility index (Phi) is 10.3. The topological polar surface area (TPSA) is 133 Å². The number of carbonyl (C=O) groups excluding carboxylic acids is 2. The Morgan fingerprint density at radius 2 is 1.51 bits per heavy atom. The predicted molar refractivity (Wildman–Crippen MR) is 133 cm³/mol. The summed E-state index contributed by atoms with van der Waals surface area (Å²) in [5.41, 5.74) is 0.934. The predicted octanol–water partition coefficient (Wildman–Crippen LogP) is 2.54. The quantitative estimate of drug-likeness (QED) is 0.420. The van der Waals surface area contributed by atoms with Crippen LogP contribution in [0.3, 0.4) is 0 Å². The van der Waals surface area contributed by atoms with Gasteiger partial charge in [0.25, 0.3) is 0 Å². The lowest BCUT2D eigenvalue weighted by molar-refractivity contribution is -0.144. The number of sulfonamides is 1. The molecule has 10 heteroatoms. The molecule has 35 heavy (non-hydrogen) atoms. The van der Waals surface area contributed by atoms with Gasteiger partial charge in [0.05, 0.1) is 4.90 Å². The number of nitrogens with zero attached hydrogens (tertiary/aromatic N) is 1. The molecule has 1 aromatic carbocycles. The highest BCUT2D eigenvalue weighted by Crippen LogP contribution is 2.22. The molecule has 0 spiro atoms. The Labute approximate surface area is 208 Å². The maximum absolute atomic E-state index is 13.4. The summed E-state index contributed by atoms with van der Waals surface area (Å²) in [4.78, 5) is 39.3. The first kappa shape index (κ1) is 28.8. The van der Waals surface area contributed by atoms with Crippen molar-refractivity contribution in [3.63, 3.8) is 0 Å². The Hall–Kier alpha value is -2.46. The molecule has 1 saturated heterocycles. The number of aliphatic carboxylic acids is 1. The number of hydrogen-bond donors (Lipinski definition) is 3. The lowest BCUT2D eigenvalue weighted by Gasteiger charge is -2.35. The van der Waals surface area contributed by atoms with Gasteiger partial charge < -0.3 is 15.3 Å². The highest BCUT2D eigenvalue weighted by molar-refractivity contribution is 7.89. The van der Waals surface area contributed by atoms with Gasteiger partial charge in [0.15, 0.2) is 0 Å². The first-order chi connectivity index (χ1) is 16.4. The van der Waals surface area contributed by atoms with Crippen LogP contribution in [0.2, 0.25) is 0 Å². The standard InChI is InChI=1S/C25H39N3O6S/c1-6-17(4)21(27-35(33,34)20-10-8-16(3)9-11-20)24(30)28-14-12-19(13-15-28)23(29)26-22(25(31)32)18(5)7-2/h8-11,17-19,21-22,27H,6-7,12-15H2,1-5H3,(H,26,29)(H,31,32)/t17-,18-,21-,22-/m0/s1. The molecule has 0 radical (unpaired) electrons. The Morgan fingerprint density at radius 1 is 1.00 bits per heavy atom. The van der Waals surface area contributed by atoms with Gasteiger partial charge in [0.1, 0.15) is 12.1 Å². The molecule has 9 nitrogen and oxygen atoms in total. The molecule has 4 atom stereocenters. The number of carbonyl (C=O) groups is 3. The van der Waals surface area contributed by atoms with Crippen LogP contribution in [0.4, 0.5) is 0 Å². The number of aryl methyl sites for hydroxylation is 1. The summed E-state index contributed by atoms with van der Waals surface area (Å²) in [5.74, 6) is -2.50. The fraction of sp³-hybridized carbons (Fsp3) is 0.640. The molecule has 2 rings (SSSR count). The molecular weight excluding hydrogens is 470 g/mol. The van der Waals surface area contributed by atoms with Crippen LogP contribution in [-0.2, 0) is 24.4 Å². The van der Waals surface area contributed by atoms with Crippen molar-refractivity contribution in [2.24, 2.45) is 17.8 Å². The van der Waals surface area contributed by atoms with Gasteiger partial charge in [-0.1, -0.05) is 58.2 Å². The van der Waals surface area contributed by atoms with E-state index in [1.165, 1.54) is 12.1 Å². The van der Waals surface area contributed by atoms with Crippen molar-refractivity contribution >= 4 is 27.8 Å². The first-order valence-corrected chi connectivity index (χ1v) is 13.8. The number of carboxylic acid groups (broad SMARTS) is 1. The van der Waals surface area contributed by atoms with Crippen LogP contribution in [-0.4, -0.2) is 61.4 Å². The minimum absolute atomic E-state index is 0.105. The number of rotatable bonds is 11. The molecule has 1 aromatic rings. The molecule has 0 aliphatic carbocycles. The van der Waals surface area contributed by atoms with E-state index < -0.39 is 34.0 Å². The molecule has 1 aliphatic heterocycles. The molecule has 1 heterocycles. The van der Waals surface area contributed by atoms with Gasteiger partial charge in [-0.15, -0.1) is 0 Å². The van der Waals surface area contributed by atoms with Crippen LogP contribution < -0.4 is 10.0 Å². The summed E-state index contributed by atoms with van der Waals surface area (Å²) in [6.45, 7) is 9.86. The molecule has 1 aliphatic rings. The van der Waals surface area contributed by atoms with E-state index in [9.17, 15) is 27.9 Å². The van der Waals surface area contributed by atoms with E-state index in [2.05, 4.69) is 10.0 Å². The van der Waals surface area contributed by atoms with E-state index in [0.29, 0.717) is 38.8 Å². The van der Waals surface area contributed by atoms with Crippen molar-refractivity contribution in [1.29, 1.82) is 0 Å². The van der Waals surface area contributed by atoms with Crippen molar-refractivity contribution in [1.82, 2.24) is 14.9 Å². The number of carboxylic acids is 1. The van der Waals surface area contributed by atoms with Gasteiger partial charge >= 0.3 is 5.97 Å². The molecule has 2 amide bonds. The highest BCUT2D eigenvalue weighted by atomic mass is 32.2. The summed E-state index contributed by atoms with van der Waals surface area (Å²) in [5, 5.41) is 12.1. The van der Waals surface area contributed by atoms with Crippen LogP contribution in [0, 0.1) is 24.7 Å². The van der Waals surface area contributed by atoms with Crippen LogP contribution in [0.25, 0.3) is 0 Å².